The van der Waals surface area contributed by atoms with Gasteiger partial charge in [0.2, 0.25) is 0 Å². The molecular weight excluding hydrogens is 316 g/mol. The molecule has 0 aliphatic heterocycles. The number of aromatic nitrogens is 4. The second-order valence-electron chi connectivity index (χ2n) is 5.96. The van der Waals surface area contributed by atoms with Crippen LogP contribution in [0.2, 0.25) is 0 Å². The van der Waals surface area contributed by atoms with Gasteiger partial charge in [-0.15, -0.1) is 0 Å². The Hall–Kier alpha value is -2.80. The van der Waals surface area contributed by atoms with Crippen LogP contribution in [0.25, 0.3) is 5.65 Å². The van der Waals surface area contributed by atoms with E-state index in [-0.39, 0.29) is 5.91 Å². The normalized spacial score (nSPS) is 11.2. The fourth-order valence-electron chi connectivity index (χ4n) is 2.68. The first-order valence-corrected chi connectivity index (χ1v) is 8.38. The summed E-state index contributed by atoms with van der Waals surface area (Å²) >= 11 is 0. The molecule has 0 unspecified atom stereocenters. The predicted molar refractivity (Wildman–Crippen MR) is 96.5 cm³/mol. The van der Waals surface area contributed by atoms with Crippen LogP contribution in [0, 0.1) is 6.92 Å². The molecule has 1 amide bonds. The zero-order valence-corrected chi connectivity index (χ0v) is 14.7. The third-order valence-electron chi connectivity index (χ3n) is 4.09. The topological polar surface area (TPSA) is 75.4 Å². The van der Waals surface area contributed by atoms with E-state index < -0.39 is 0 Å². The molecule has 0 spiro atoms. The quantitative estimate of drug-likeness (QED) is 0.747. The smallest absolute Gasteiger partial charge is 0.261 e. The number of carbonyl (C=O) groups excluding carboxylic acids is 1. The van der Waals surface area contributed by atoms with Crippen molar-refractivity contribution in [2.75, 3.05) is 18.4 Å². The van der Waals surface area contributed by atoms with Crippen LogP contribution in [0.1, 0.15) is 35.3 Å². The van der Waals surface area contributed by atoms with E-state index in [2.05, 4.69) is 39.1 Å². The molecule has 0 aliphatic rings. The van der Waals surface area contributed by atoms with Crippen molar-refractivity contribution >= 4 is 17.2 Å². The Morgan fingerprint density at radius 1 is 1.20 bits per heavy atom. The number of rotatable bonds is 6. The van der Waals surface area contributed by atoms with Crippen molar-refractivity contribution in [2.45, 2.75) is 27.3 Å². The Morgan fingerprint density at radius 3 is 2.72 bits per heavy atom. The number of carbonyl (C=O) groups is 1. The van der Waals surface area contributed by atoms with E-state index in [0.29, 0.717) is 16.9 Å². The molecule has 0 radical (unpaired) electrons. The van der Waals surface area contributed by atoms with Crippen LogP contribution < -0.4 is 5.32 Å². The number of nitrogens with one attached hydrogen (secondary N) is 1. The van der Waals surface area contributed by atoms with Crippen molar-refractivity contribution in [3.05, 3.63) is 53.7 Å². The van der Waals surface area contributed by atoms with Gasteiger partial charge >= 0.3 is 0 Å². The van der Waals surface area contributed by atoms with Gasteiger partial charge in [0, 0.05) is 30.7 Å². The Balaban J connectivity index is 1.82. The number of nitrogens with zero attached hydrogens (tertiary/aromatic N) is 5. The highest BCUT2D eigenvalue weighted by molar-refractivity contribution is 6.08. The van der Waals surface area contributed by atoms with Crippen LogP contribution in [-0.2, 0) is 6.54 Å². The molecule has 0 saturated carbocycles. The van der Waals surface area contributed by atoms with E-state index in [9.17, 15) is 4.79 Å². The van der Waals surface area contributed by atoms with E-state index in [0.717, 1.165) is 30.8 Å². The minimum Gasteiger partial charge on any atom is -0.320 e. The molecule has 1 N–H and O–H groups in total. The highest BCUT2D eigenvalue weighted by atomic mass is 16.1. The number of pyridine rings is 1. The zero-order valence-electron chi connectivity index (χ0n) is 14.7. The summed E-state index contributed by atoms with van der Waals surface area (Å²) in [5, 5.41) is 7.12. The van der Waals surface area contributed by atoms with E-state index in [1.165, 1.54) is 0 Å². The molecule has 0 atom stereocenters. The molecule has 0 aromatic carbocycles. The third-order valence-corrected chi connectivity index (χ3v) is 4.09. The molecule has 7 heteroatoms. The van der Waals surface area contributed by atoms with Gasteiger partial charge in [0.15, 0.2) is 5.65 Å². The summed E-state index contributed by atoms with van der Waals surface area (Å²) in [7, 11) is 0. The van der Waals surface area contributed by atoms with Crippen LogP contribution in [-0.4, -0.2) is 43.5 Å². The SMILES string of the molecule is CCN(CC)Cc1cnc2c(C(=O)Nc3cncc(C)c3)cnn2c1. The molecule has 0 fully saturated rings. The summed E-state index contributed by atoms with van der Waals surface area (Å²) in [6, 6.07) is 1.87. The molecule has 25 heavy (non-hydrogen) atoms. The van der Waals surface area contributed by atoms with Gasteiger partial charge in [-0.05, 0) is 31.6 Å². The number of anilines is 1. The monoisotopic (exact) mass is 338 g/mol. The van der Waals surface area contributed by atoms with Crippen molar-refractivity contribution in [1.29, 1.82) is 0 Å². The predicted octanol–water partition coefficient (Wildman–Crippen LogP) is 2.53. The summed E-state index contributed by atoms with van der Waals surface area (Å²) in [4.78, 5) is 23.3. The van der Waals surface area contributed by atoms with Crippen LogP contribution in [0.5, 0.6) is 0 Å². The van der Waals surface area contributed by atoms with Gasteiger partial charge in [0.05, 0.1) is 18.1 Å². The number of hydrogen-bond donors (Lipinski definition) is 1. The molecule has 7 nitrogen and oxygen atoms in total. The standard InChI is InChI=1S/C18H22N6O/c1-4-23(5-2)11-14-8-20-17-16(10-21-24(17)12-14)18(25)22-15-6-13(3)7-19-9-15/h6-10,12H,4-5,11H2,1-3H3,(H,22,25). The van der Waals surface area contributed by atoms with E-state index in [1.54, 1.807) is 29.3 Å². The molecule has 3 aromatic rings. The van der Waals surface area contributed by atoms with Crippen molar-refractivity contribution < 1.29 is 4.79 Å². The van der Waals surface area contributed by atoms with Crippen LogP contribution in [0.15, 0.2) is 37.1 Å². The number of amides is 1. The first kappa shape index (κ1) is 17.0. The molecule has 3 rings (SSSR count). The number of fused-ring (bicyclic) bond motifs is 1. The molecule has 0 aliphatic carbocycles. The Kier molecular flexibility index (Phi) is 5.04. The summed E-state index contributed by atoms with van der Waals surface area (Å²) in [6.45, 7) is 8.96. The Labute approximate surface area is 146 Å². The maximum absolute atomic E-state index is 12.5. The minimum atomic E-state index is -0.244. The lowest BCUT2D eigenvalue weighted by atomic mass is 10.2. The second kappa shape index (κ2) is 7.40. The van der Waals surface area contributed by atoms with Crippen molar-refractivity contribution in [3.8, 4) is 0 Å². The van der Waals surface area contributed by atoms with Crippen LogP contribution in [0.3, 0.4) is 0 Å². The lowest BCUT2D eigenvalue weighted by Crippen LogP contribution is -2.22. The number of aryl methyl sites for hydroxylation is 1. The lowest BCUT2D eigenvalue weighted by molar-refractivity contribution is 0.102. The average molecular weight is 338 g/mol. The third kappa shape index (κ3) is 3.83. The molecule has 3 heterocycles. The van der Waals surface area contributed by atoms with E-state index >= 15 is 0 Å². The highest BCUT2D eigenvalue weighted by Gasteiger charge is 2.15. The Bertz CT molecular complexity index is 884. The summed E-state index contributed by atoms with van der Waals surface area (Å²) in [5.74, 6) is -0.244. The van der Waals surface area contributed by atoms with Gasteiger partial charge in [-0.1, -0.05) is 13.8 Å². The summed E-state index contributed by atoms with van der Waals surface area (Å²) in [5.41, 5.74) is 3.69. The van der Waals surface area contributed by atoms with Crippen molar-refractivity contribution in [3.63, 3.8) is 0 Å². The molecule has 0 bridgehead atoms. The summed E-state index contributed by atoms with van der Waals surface area (Å²) in [6.07, 6.45) is 8.63. The van der Waals surface area contributed by atoms with Crippen molar-refractivity contribution in [1.82, 2.24) is 24.5 Å². The minimum absolute atomic E-state index is 0.244. The Morgan fingerprint density at radius 2 is 2.00 bits per heavy atom. The fraction of sp³-hybridized carbons (Fsp3) is 0.333. The first-order valence-electron chi connectivity index (χ1n) is 8.38. The van der Waals surface area contributed by atoms with Crippen LogP contribution >= 0.6 is 0 Å². The van der Waals surface area contributed by atoms with Gasteiger partial charge in [-0.2, -0.15) is 5.10 Å². The summed E-state index contributed by atoms with van der Waals surface area (Å²) < 4.78 is 1.66. The average Bonchev–Trinajstić information content (AvgIpc) is 3.03. The molecule has 3 aromatic heterocycles. The van der Waals surface area contributed by atoms with E-state index in [4.69, 9.17) is 0 Å². The molecular formula is C18H22N6O. The van der Waals surface area contributed by atoms with Crippen molar-refractivity contribution in [2.24, 2.45) is 0 Å². The van der Waals surface area contributed by atoms with Gasteiger partial charge in [0.1, 0.15) is 5.56 Å². The first-order chi connectivity index (χ1) is 12.1. The highest BCUT2D eigenvalue weighted by Crippen LogP contribution is 2.14. The number of hydrogen-bond acceptors (Lipinski definition) is 5. The lowest BCUT2D eigenvalue weighted by Gasteiger charge is -2.17. The fourth-order valence-corrected chi connectivity index (χ4v) is 2.68. The zero-order chi connectivity index (χ0) is 17.8. The molecule has 0 saturated heterocycles. The maximum Gasteiger partial charge on any atom is 0.261 e. The maximum atomic E-state index is 12.5. The van der Waals surface area contributed by atoms with Gasteiger partial charge in [-0.25, -0.2) is 9.50 Å². The van der Waals surface area contributed by atoms with Gasteiger partial charge in [-0.3, -0.25) is 14.7 Å². The van der Waals surface area contributed by atoms with Gasteiger partial charge in [0.25, 0.3) is 5.91 Å². The van der Waals surface area contributed by atoms with Gasteiger partial charge < -0.3 is 5.32 Å². The molecule has 130 valence electrons. The van der Waals surface area contributed by atoms with E-state index in [1.807, 2.05) is 19.2 Å². The van der Waals surface area contributed by atoms with Crippen LogP contribution in [0.4, 0.5) is 5.69 Å². The second-order valence-corrected chi connectivity index (χ2v) is 5.96. The largest absolute Gasteiger partial charge is 0.320 e.